The van der Waals surface area contributed by atoms with Crippen LogP contribution in [0, 0.1) is 5.92 Å². The third-order valence-corrected chi connectivity index (χ3v) is 2.22. The molecule has 15 heavy (non-hydrogen) atoms. The molecule has 2 rings (SSSR count). The number of carboxylic acid groups (broad SMARTS) is 1. The minimum Gasteiger partial charge on any atom is -0.481 e. The van der Waals surface area contributed by atoms with Crippen molar-refractivity contribution < 1.29 is 9.90 Å². The largest absolute Gasteiger partial charge is 0.481 e. The lowest BCUT2D eigenvalue weighted by Crippen LogP contribution is -2.12. The Morgan fingerprint density at radius 1 is 1.67 bits per heavy atom. The number of fused-ring (bicyclic) bond motifs is 1. The van der Waals surface area contributed by atoms with Gasteiger partial charge in [-0.05, 0) is 6.07 Å². The highest BCUT2D eigenvalue weighted by atomic mass is 16.4. The van der Waals surface area contributed by atoms with E-state index in [0.717, 1.165) is 5.69 Å². The first-order valence-electron chi connectivity index (χ1n) is 4.68. The molecule has 5 nitrogen and oxygen atoms in total. The zero-order valence-corrected chi connectivity index (χ0v) is 8.29. The molecular formula is C10H11N3O2. The van der Waals surface area contributed by atoms with Crippen molar-refractivity contribution in [1.82, 2.24) is 14.4 Å². The van der Waals surface area contributed by atoms with Gasteiger partial charge in [0.05, 0.1) is 11.6 Å². The van der Waals surface area contributed by atoms with Crippen molar-refractivity contribution in [3.63, 3.8) is 0 Å². The fraction of sp³-hybridized carbons (Fsp3) is 0.300. The molecule has 0 amide bonds. The molecule has 1 N–H and O–H groups in total. The van der Waals surface area contributed by atoms with Gasteiger partial charge in [0.25, 0.3) is 0 Å². The Kier molecular flexibility index (Phi) is 2.37. The Bertz CT molecular complexity index is 459. The van der Waals surface area contributed by atoms with Crippen molar-refractivity contribution in [1.29, 1.82) is 0 Å². The van der Waals surface area contributed by atoms with Crippen LogP contribution in [0.1, 0.15) is 12.6 Å². The van der Waals surface area contributed by atoms with E-state index >= 15 is 0 Å². The molecule has 0 radical (unpaired) electrons. The van der Waals surface area contributed by atoms with E-state index in [4.69, 9.17) is 5.11 Å². The molecular weight excluding hydrogens is 194 g/mol. The average Bonchev–Trinajstić information content (AvgIpc) is 2.59. The summed E-state index contributed by atoms with van der Waals surface area (Å²) in [6.07, 6.45) is 5.73. The van der Waals surface area contributed by atoms with Crippen LogP contribution in [0.5, 0.6) is 0 Å². The number of rotatable bonds is 3. The predicted molar refractivity (Wildman–Crippen MR) is 53.5 cm³/mol. The molecule has 0 saturated heterocycles. The summed E-state index contributed by atoms with van der Waals surface area (Å²) in [5, 5.41) is 8.77. The van der Waals surface area contributed by atoms with Gasteiger partial charge in [-0.15, -0.1) is 0 Å². The van der Waals surface area contributed by atoms with E-state index in [2.05, 4.69) is 9.97 Å². The van der Waals surface area contributed by atoms with Crippen LogP contribution in [-0.2, 0) is 11.2 Å². The maximum absolute atomic E-state index is 10.7. The molecule has 0 bridgehead atoms. The molecule has 0 aliphatic rings. The summed E-state index contributed by atoms with van der Waals surface area (Å²) < 4.78 is 1.78. The molecule has 0 saturated carbocycles. The van der Waals surface area contributed by atoms with Crippen molar-refractivity contribution in [3.05, 3.63) is 30.4 Å². The quantitative estimate of drug-likeness (QED) is 0.811. The number of imidazole rings is 1. The lowest BCUT2D eigenvalue weighted by atomic mass is 10.1. The first-order chi connectivity index (χ1) is 7.16. The number of hydrogen-bond donors (Lipinski definition) is 1. The molecule has 1 atom stereocenters. The fourth-order valence-corrected chi connectivity index (χ4v) is 1.38. The number of aromatic nitrogens is 3. The highest BCUT2D eigenvalue weighted by Crippen LogP contribution is 2.08. The van der Waals surface area contributed by atoms with Gasteiger partial charge in [-0.2, -0.15) is 0 Å². The predicted octanol–water partition coefficient (Wildman–Crippen LogP) is 0.992. The van der Waals surface area contributed by atoms with E-state index in [1.807, 2.05) is 12.4 Å². The van der Waals surface area contributed by atoms with Gasteiger partial charge in [0, 0.05) is 25.0 Å². The molecule has 0 aromatic carbocycles. The normalized spacial score (nSPS) is 12.9. The van der Waals surface area contributed by atoms with Crippen molar-refractivity contribution in [2.45, 2.75) is 13.3 Å². The maximum atomic E-state index is 10.7. The maximum Gasteiger partial charge on any atom is 0.306 e. The SMILES string of the molecule is CC(Cc1cn2cccnc2n1)C(=O)O. The highest BCUT2D eigenvalue weighted by molar-refractivity contribution is 5.69. The van der Waals surface area contributed by atoms with Gasteiger partial charge in [-0.25, -0.2) is 9.97 Å². The van der Waals surface area contributed by atoms with Crippen LogP contribution in [0.4, 0.5) is 0 Å². The molecule has 1 unspecified atom stereocenters. The second kappa shape index (κ2) is 3.68. The van der Waals surface area contributed by atoms with E-state index in [1.54, 1.807) is 23.6 Å². The number of nitrogens with zero attached hydrogens (tertiary/aromatic N) is 3. The molecule has 5 heteroatoms. The van der Waals surface area contributed by atoms with E-state index in [9.17, 15) is 4.79 Å². The fourth-order valence-electron chi connectivity index (χ4n) is 1.38. The number of carbonyl (C=O) groups is 1. The lowest BCUT2D eigenvalue weighted by Gasteiger charge is -2.01. The topological polar surface area (TPSA) is 67.5 Å². The van der Waals surface area contributed by atoms with Crippen molar-refractivity contribution in [2.75, 3.05) is 0 Å². The van der Waals surface area contributed by atoms with Gasteiger partial charge in [0.15, 0.2) is 0 Å². The summed E-state index contributed by atoms with van der Waals surface area (Å²) in [4.78, 5) is 19.0. The number of aliphatic carboxylic acids is 1. The van der Waals surface area contributed by atoms with Crippen LogP contribution in [0.3, 0.4) is 0 Å². The number of carboxylic acids is 1. The third kappa shape index (κ3) is 1.96. The van der Waals surface area contributed by atoms with Crippen LogP contribution < -0.4 is 0 Å². The van der Waals surface area contributed by atoms with Gasteiger partial charge >= 0.3 is 5.97 Å². The van der Waals surface area contributed by atoms with Crippen LogP contribution in [0.15, 0.2) is 24.7 Å². The molecule has 0 fully saturated rings. The second-order valence-corrected chi connectivity index (χ2v) is 3.50. The minimum atomic E-state index is -0.806. The van der Waals surface area contributed by atoms with Gasteiger partial charge in [-0.3, -0.25) is 9.20 Å². The number of hydrogen-bond acceptors (Lipinski definition) is 3. The zero-order chi connectivity index (χ0) is 10.8. The van der Waals surface area contributed by atoms with E-state index in [0.29, 0.717) is 12.2 Å². The Morgan fingerprint density at radius 2 is 2.47 bits per heavy atom. The van der Waals surface area contributed by atoms with Gasteiger partial charge < -0.3 is 5.11 Å². The third-order valence-electron chi connectivity index (χ3n) is 2.22. The van der Waals surface area contributed by atoms with Crippen LogP contribution >= 0.6 is 0 Å². The first-order valence-corrected chi connectivity index (χ1v) is 4.68. The van der Waals surface area contributed by atoms with Gasteiger partial charge in [0.2, 0.25) is 5.78 Å². The second-order valence-electron chi connectivity index (χ2n) is 3.50. The Balaban J connectivity index is 2.26. The molecule has 2 aromatic rings. The summed E-state index contributed by atoms with van der Waals surface area (Å²) in [6.45, 7) is 1.67. The van der Waals surface area contributed by atoms with Crippen molar-refractivity contribution >= 4 is 11.7 Å². The summed E-state index contributed by atoms with van der Waals surface area (Å²) in [5.74, 6) is -0.625. The van der Waals surface area contributed by atoms with E-state index < -0.39 is 11.9 Å². The monoisotopic (exact) mass is 205 g/mol. The van der Waals surface area contributed by atoms with Crippen molar-refractivity contribution in [3.8, 4) is 0 Å². The van der Waals surface area contributed by atoms with Crippen LogP contribution in [0.2, 0.25) is 0 Å². The molecule has 0 spiro atoms. The summed E-state index contributed by atoms with van der Waals surface area (Å²) in [6, 6.07) is 1.80. The molecule has 2 heterocycles. The standard InChI is InChI=1S/C10H11N3O2/c1-7(9(14)15)5-8-6-13-4-2-3-11-10(13)12-8/h2-4,6-7H,5H2,1H3,(H,14,15). The summed E-state index contributed by atoms with van der Waals surface area (Å²) in [7, 11) is 0. The van der Waals surface area contributed by atoms with Crippen LogP contribution in [-0.4, -0.2) is 25.4 Å². The lowest BCUT2D eigenvalue weighted by molar-refractivity contribution is -0.141. The minimum absolute atomic E-state index is 0.421. The van der Waals surface area contributed by atoms with Crippen molar-refractivity contribution in [2.24, 2.45) is 5.92 Å². The molecule has 78 valence electrons. The van der Waals surface area contributed by atoms with E-state index in [-0.39, 0.29) is 0 Å². The molecule has 0 aliphatic heterocycles. The Morgan fingerprint density at radius 3 is 3.13 bits per heavy atom. The zero-order valence-electron chi connectivity index (χ0n) is 8.29. The Hall–Kier alpha value is -1.91. The average molecular weight is 205 g/mol. The van der Waals surface area contributed by atoms with E-state index in [1.165, 1.54) is 0 Å². The summed E-state index contributed by atoms with van der Waals surface area (Å²) in [5.41, 5.74) is 0.753. The first kappa shape index (κ1) is 9.64. The Labute approximate surface area is 86.4 Å². The van der Waals surface area contributed by atoms with Gasteiger partial charge in [-0.1, -0.05) is 6.92 Å². The summed E-state index contributed by atoms with van der Waals surface area (Å²) >= 11 is 0. The van der Waals surface area contributed by atoms with Gasteiger partial charge in [0.1, 0.15) is 0 Å². The van der Waals surface area contributed by atoms with Crippen LogP contribution in [0.25, 0.3) is 5.78 Å². The highest BCUT2D eigenvalue weighted by Gasteiger charge is 2.13. The smallest absolute Gasteiger partial charge is 0.306 e. The molecule has 0 aliphatic carbocycles. The molecule has 2 aromatic heterocycles.